The van der Waals surface area contributed by atoms with Gasteiger partial charge in [0.25, 0.3) is 0 Å². The molecule has 1 aromatic rings. The summed E-state index contributed by atoms with van der Waals surface area (Å²) in [4.78, 5) is 0. The molecule has 1 aromatic carbocycles. The van der Waals surface area contributed by atoms with Crippen molar-refractivity contribution < 1.29 is 5.11 Å². The fourth-order valence-electron chi connectivity index (χ4n) is 1.57. The Bertz CT molecular complexity index is 366. The molecule has 25 heavy (non-hydrogen) atoms. The van der Waals surface area contributed by atoms with Gasteiger partial charge >= 0.3 is 0 Å². The molecule has 1 rings (SSSR count). The van der Waals surface area contributed by atoms with E-state index < -0.39 is 0 Å². The number of benzene rings is 1. The maximum absolute atomic E-state index is 8.54. The van der Waals surface area contributed by atoms with Crippen molar-refractivity contribution in [3.63, 3.8) is 0 Å². The van der Waals surface area contributed by atoms with Crippen molar-refractivity contribution in [2.24, 2.45) is 28.9 Å². The molecule has 9 N–H and O–H groups in total. The highest BCUT2D eigenvalue weighted by Gasteiger charge is 1.96. The highest BCUT2D eigenvalue weighted by molar-refractivity contribution is 6.30. The van der Waals surface area contributed by atoms with Crippen LogP contribution >= 0.6 is 11.6 Å². The molecule has 0 aliphatic carbocycles. The average Bonchev–Trinajstić information content (AvgIpc) is 2.54. The van der Waals surface area contributed by atoms with Gasteiger partial charge in [-0.25, -0.2) is 0 Å². The Balaban J connectivity index is -0.000000275. The Labute approximate surface area is 160 Å². The van der Waals surface area contributed by atoms with E-state index in [9.17, 15) is 0 Å². The van der Waals surface area contributed by atoms with Crippen LogP contribution in [-0.4, -0.2) is 30.3 Å². The molecule has 5 nitrogen and oxygen atoms in total. The van der Waals surface area contributed by atoms with E-state index in [2.05, 4.69) is 13.8 Å². The van der Waals surface area contributed by atoms with E-state index in [-0.39, 0.29) is 6.10 Å². The van der Waals surface area contributed by atoms with E-state index in [1.807, 2.05) is 45.0 Å². The third-order valence-corrected chi connectivity index (χ3v) is 2.95. The van der Waals surface area contributed by atoms with E-state index in [0.717, 1.165) is 35.9 Å². The van der Waals surface area contributed by atoms with Crippen LogP contribution in [-0.2, 0) is 6.54 Å². The minimum absolute atomic E-state index is 0.287. The van der Waals surface area contributed by atoms with Crippen LogP contribution in [0.3, 0.4) is 0 Å². The summed E-state index contributed by atoms with van der Waals surface area (Å²) in [6.07, 6.45) is 1.61. The standard InChI is InChI=1S/C7H8ClN.C6H15N.C4H11NO.C2H7N/c8-7-3-1-2-6(4-7)5-9;1-5(2)4-6(3)7;1-2-4(6)3-5;1-2-3/h1-4H,5,9H2;5-6H,4,7H2,1-3H3;4,6H,2-3,5H2,1H3;2-3H2,1H3. The predicted molar refractivity (Wildman–Crippen MR) is 113 cm³/mol. The van der Waals surface area contributed by atoms with Crippen LogP contribution in [0, 0.1) is 5.92 Å². The Kier molecular flexibility index (Phi) is 24.8. The molecule has 0 bridgehead atoms. The van der Waals surface area contributed by atoms with Crippen LogP contribution in [0.1, 0.15) is 53.0 Å². The summed E-state index contributed by atoms with van der Waals surface area (Å²) in [5.74, 6) is 0.750. The fraction of sp³-hybridized carbons (Fsp3) is 0.684. The minimum Gasteiger partial charge on any atom is -0.392 e. The van der Waals surface area contributed by atoms with Gasteiger partial charge in [0.1, 0.15) is 0 Å². The van der Waals surface area contributed by atoms with Gasteiger partial charge in [-0.05, 0) is 49.9 Å². The Hall–Kier alpha value is -0.690. The van der Waals surface area contributed by atoms with Crippen LogP contribution in [0.15, 0.2) is 24.3 Å². The summed E-state index contributed by atoms with van der Waals surface area (Å²) in [7, 11) is 0. The molecule has 150 valence electrons. The number of aliphatic hydroxyl groups is 1. The summed E-state index contributed by atoms with van der Waals surface area (Å²) in [5.41, 5.74) is 21.8. The zero-order valence-corrected chi connectivity index (χ0v) is 17.5. The van der Waals surface area contributed by atoms with E-state index in [1.54, 1.807) is 0 Å². The Morgan fingerprint density at radius 1 is 1.08 bits per heavy atom. The van der Waals surface area contributed by atoms with Crippen LogP contribution in [0.4, 0.5) is 0 Å². The second-order valence-corrected chi connectivity index (χ2v) is 6.58. The van der Waals surface area contributed by atoms with Gasteiger partial charge in [-0.15, -0.1) is 0 Å². The largest absolute Gasteiger partial charge is 0.392 e. The van der Waals surface area contributed by atoms with Gasteiger partial charge in [0.05, 0.1) is 6.10 Å². The summed E-state index contributed by atoms with van der Waals surface area (Å²) >= 11 is 5.67. The third-order valence-electron chi connectivity index (χ3n) is 2.71. The molecule has 0 aliphatic heterocycles. The van der Waals surface area contributed by atoms with E-state index in [0.29, 0.717) is 19.1 Å². The first-order valence-corrected chi connectivity index (χ1v) is 9.34. The summed E-state index contributed by atoms with van der Waals surface area (Å²) in [5, 5.41) is 9.29. The minimum atomic E-state index is -0.287. The molecule has 0 heterocycles. The van der Waals surface area contributed by atoms with Gasteiger partial charge in [-0.2, -0.15) is 0 Å². The maximum atomic E-state index is 8.54. The van der Waals surface area contributed by atoms with Gasteiger partial charge < -0.3 is 28.0 Å². The van der Waals surface area contributed by atoms with E-state index >= 15 is 0 Å². The van der Waals surface area contributed by atoms with Crippen molar-refractivity contribution in [1.29, 1.82) is 0 Å². The van der Waals surface area contributed by atoms with E-state index in [4.69, 9.17) is 39.6 Å². The summed E-state index contributed by atoms with van der Waals surface area (Å²) in [6, 6.07) is 7.92. The van der Waals surface area contributed by atoms with Crippen LogP contribution < -0.4 is 22.9 Å². The van der Waals surface area contributed by atoms with Gasteiger partial charge in [0, 0.05) is 24.2 Å². The lowest BCUT2D eigenvalue weighted by molar-refractivity contribution is 0.179. The topological polar surface area (TPSA) is 124 Å². The Morgan fingerprint density at radius 2 is 1.60 bits per heavy atom. The molecule has 2 atom stereocenters. The normalized spacial score (nSPS) is 11.8. The number of hydrogen-bond acceptors (Lipinski definition) is 5. The summed E-state index contributed by atoms with van der Waals surface area (Å²) in [6.45, 7) is 11.9. The molecule has 0 aromatic heterocycles. The average molecular weight is 377 g/mol. The number of aliphatic hydroxyl groups excluding tert-OH is 1. The molecule has 0 aliphatic rings. The number of hydrogen-bond donors (Lipinski definition) is 5. The molecular weight excluding hydrogens is 336 g/mol. The highest BCUT2D eigenvalue weighted by atomic mass is 35.5. The van der Waals surface area contributed by atoms with Crippen molar-refractivity contribution >= 4 is 11.6 Å². The zero-order valence-electron chi connectivity index (χ0n) is 16.7. The van der Waals surface area contributed by atoms with E-state index in [1.165, 1.54) is 0 Å². The van der Waals surface area contributed by atoms with Crippen LogP contribution in [0.5, 0.6) is 0 Å². The second-order valence-electron chi connectivity index (χ2n) is 6.15. The van der Waals surface area contributed by atoms with Crippen molar-refractivity contribution in [1.82, 2.24) is 0 Å². The first-order chi connectivity index (χ1) is 11.7. The molecule has 0 saturated heterocycles. The van der Waals surface area contributed by atoms with Crippen molar-refractivity contribution in [2.45, 2.75) is 66.2 Å². The fourth-order valence-corrected chi connectivity index (χ4v) is 1.79. The third kappa shape index (κ3) is 28.4. The lowest BCUT2D eigenvalue weighted by atomic mass is 10.1. The number of nitrogens with two attached hydrogens (primary N) is 4. The quantitative estimate of drug-likeness (QED) is 0.540. The number of halogens is 1. The molecule has 0 amide bonds. The first kappa shape index (κ1) is 29.1. The van der Waals surface area contributed by atoms with Crippen molar-refractivity contribution in [3.8, 4) is 0 Å². The summed E-state index contributed by atoms with van der Waals surface area (Å²) < 4.78 is 0. The maximum Gasteiger partial charge on any atom is 0.0659 e. The van der Waals surface area contributed by atoms with Gasteiger partial charge in [0.15, 0.2) is 0 Å². The lowest BCUT2D eigenvalue weighted by Crippen LogP contribution is -2.17. The second kappa shape index (κ2) is 21.4. The molecule has 0 spiro atoms. The lowest BCUT2D eigenvalue weighted by Gasteiger charge is -2.05. The molecule has 2 unspecified atom stereocenters. The Morgan fingerprint density at radius 3 is 1.76 bits per heavy atom. The zero-order chi connectivity index (χ0) is 20.3. The van der Waals surface area contributed by atoms with Crippen molar-refractivity contribution in [3.05, 3.63) is 34.9 Å². The SMILES string of the molecule is CC(C)CC(C)N.CCC(O)CN.CCN.NCc1cccc(Cl)c1. The van der Waals surface area contributed by atoms with Gasteiger partial charge in [-0.3, -0.25) is 0 Å². The van der Waals surface area contributed by atoms with Crippen molar-refractivity contribution in [2.75, 3.05) is 13.1 Å². The van der Waals surface area contributed by atoms with Gasteiger partial charge in [-0.1, -0.05) is 51.4 Å². The van der Waals surface area contributed by atoms with Crippen LogP contribution in [0.2, 0.25) is 5.02 Å². The van der Waals surface area contributed by atoms with Crippen LogP contribution in [0.25, 0.3) is 0 Å². The molecule has 0 fully saturated rings. The monoisotopic (exact) mass is 376 g/mol. The smallest absolute Gasteiger partial charge is 0.0659 e. The first-order valence-electron chi connectivity index (χ1n) is 8.96. The molecule has 0 saturated carbocycles. The predicted octanol–water partition coefficient (Wildman–Crippen LogP) is 2.86. The van der Waals surface area contributed by atoms with Gasteiger partial charge in [0.2, 0.25) is 0 Å². The molecular formula is C19H41ClN4O. The molecule has 0 radical (unpaired) electrons. The number of rotatable bonds is 5. The molecule has 6 heteroatoms. The highest BCUT2D eigenvalue weighted by Crippen LogP contribution is 2.09.